The Hall–Kier alpha value is -2.21. The van der Waals surface area contributed by atoms with Crippen molar-refractivity contribution in [3.05, 3.63) is 46.0 Å². The maximum atomic E-state index is 11.8. The van der Waals surface area contributed by atoms with Crippen molar-refractivity contribution in [3.63, 3.8) is 0 Å². The zero-order chi connectivity index (χ0) is 16.7. The Morgan fingerprint density at radius 3 is 3.00 bits per heavy atom. The van der Waals surface area contributed by atoms with Gasteiger partial charge in [-0.1, -0.05) is 12.1 Å². The van der Waals surface area contributed by atoms with Crippen LogP contribution in [0.5, 0.6) is 0 Å². The van der Waals surface area contributed by atoms with Crippen molar-refractivity contribution in [2.24, 2.45) is 5.92 Å². The van der Waals surface area contributed by atoms with Crippen LogP contribution in [0.2, 0.25) is 0 Å². The van der Waals surface area contributed by atoms with Crippen LogP contribution < -0.4 is 4.90 Å². The van der Waals surface area contributed by atoms with E-state index >= 15 is 0 Å². The summed E-state index contributed by atoms with van der Waals surface area (Å²) in [5.74, 6) is -0.134. The molecule has 0 spiro atoms. The number of likely N-dealkylation sites (tertiary alicyclic amines) is 1. The molecule has 0 radical (unpaired) electrons. The van der Waals surface area contributed by atoms with Crippen molar-refractivity contribution in [1.29, 1.82) is 0 Å². The van der Waals surface area contributed by atoms with Crippen molar-refractivity contribution in [2.75, 3.05) is 26.2 Å². The van der Waals surface area contributed by atoms with Gasteiger partial charge in [-0.15, -0.1) is 0 Å². The van der Waals surface area contributed by atoms with Crippen molar-refractivity contribution in [1.82, 2.24) is 0 Å². The summed E-state index contributed by atoms with van der Waals surface area (Å²) in [6, 6.07) is 6.69. The van der Waals surface area contributed by atoms with Gasteiger partial charge < -0.3 is 9.64 Å². The first-order valence-electron chi connectivity index (χ1n) is 8.02. The maximum absolute atomic E-state index is 11.8. The zero-order valence-electron chi connectivity index (χ0n) is 13.4. The number of hydrogen-bond acceptors (Lipinski definition) is 4. The summed E-state index contributed by atoms with van der Waals surface area (Å²) in [6.45, 7) is 4.77. The van der Waals surface area contributed by atoms with Crippen LogP contribution in [-0.4, -0.2) is 37.1 Å². The number of nitrogens with zero attached hydrogens (tertiary/aromatic N) is 1. The molecule has 1 aliphatic heterocycles. The summed E-state index contributed by atoms with van der Waals surface area (Å²) in [5.41, 5.74) is 0.720. The molecule has 0 aliphatic carbocycles. The molecule has 6 heteroatoms. The standard InChI is InChI=1S/C17H22N2O4/c1-2-23-17(20)15-9-6-12-18(13-15)11-5-8-14-7-3-4-10-16(14)19(21)22/h3-5,7-8,10,15H,2,6,9,11-13H2,1H3/p+1/b8-5+/t15-/m0/s1. The number of benzene rings is 1. The highest BCUT2D eigenvalue weighted by Gasteiger charge is 2.29. The van der Waals surface area contributed by atoms with Gasteiger partial charge in [0.1, 0.15) is 5.92 Å². The van der Waals surface area contributed by atoms with Crippen molar-refractivity contribution in [2.45, 2.75) is 19.8 Å². The van der Waals surface area contributed by atoms with E-state index in [-0.39, 0.29) is 22.5 Å². The molecule has 1 saturated heterocycles. The monoisotopic (exact) mass is 319 g/mol. The minimum Gasteiger partial charge on any atom is -0.466 e. The molecule has 1 heterocycles. The minimum atomic E-state index is -0.371. The highest BCUT2D eigenvalue weighted by atomic mass is 16.6. The van der Waals surface area contributed by atoms with Gasteiger partial charge in [0, 0.05) is 6.07 Å². The number of nitro benzene ring substituents is 1. The molecule has 1 unspecified atom stereocenters. The Kier molecular flexibility index (Phi) is 6.29. The summed E-state index contributed by atoms with van der Waals surface area (Å²) >= 11 is 0. The third-order valence-electron chi connectivity index (χ3n) is 4.08. The van der Waals surface area contributed by atoms with Crippen LogP contribution in [0.4, 0.5) is 5.69 Å². The zero-order valence-corrected chi connectivity index (χ0v) is 13.4. The quantitative estimate of drug-likeness (QED) is 0.489. The normalized spacial score (nSPS) is 21.3. The molecule has 1 fully saturated rings. The molecule has 23 heavy (non-hydrogen) atoms. The minimum absolute atomic E-state index is 0.0295. The third kappa shape index (κ3) is 4.89. The number of piperidine rings is 1. The van der Waals surface area contributed by atoms with E-state index in [1.165, 1.54) is 11.0 Å². The number of hydrogen-bond donors (Lipinski definition) is 1. The molecular weight excluding hydrogens is 296 g/mol. The van der Waals surface area contributed by atoms with Crippen LogP contribution in [0.1, 0.15) is 25.3 Å². The van der Waals surface area contributed by atoms with Gasteiger partial charge in [-0.2, -0.15) is 0 Å². The van der Waals surface area contributed by atoms with Crippen molar-refractivity contribution >= 4 is 17.7 Å². The number of rotatable bonds is 6. The molecule has 1 aromatic carbocycles. The van der Waals surface area contributed by atoms with E-state index < -0.39 is 0 Å². The third-order valence-corrected chi connectivity index (χ3v) is 4.08. The number of ether oxygens (including phenoxy) is 1. The van der Waals surface area contributed by atoms with Gasteiger partial charge in [0.25, 0.3) is 5.69 Å². The van der Waals surface area contributed by atoms with Crippen molar-refractivity contribution < 1.29 is 19.4 Å². The van der Waals surface area contributed by atoms with Gasteiger partial charge >= 0.3 is 5.97 Å². The highest BCUT2D eigenvalue weighted by molar-refractivity contribution is 5.72. The van der Waals surface area contributed by atoms with Gasteiger partial charge in [0.05, 0.1) is 36.7 Å². The summed E-state index contributed by atoms with van der Waals surface area (Å²) in [7, 11) is 0. The molecule has 124 valence electrons. The number of nitrogens with one attached hydrogen (secondary N) is 1. The SMILES string of the molecule is CCOC(=O)[C@H]1CCC[NH+](C/C=C/c2ccccc2[N+](=O)[O-])C1. The molecule has 0 bridgehead atoms. The molecule has 0 saturated carbocycles. The van der Waals surface area contributed by atoms with Crippen LogP contribution in [0.3, 0.4) is 0 Å². The van der Waals surface area contributed by atoms with Crippen LogP contribution in [0.15, 0.2) is 30.3 Å². The fourth-order valence-corrected chi connectivity index (χ4v) is 2.95. The van der Waals surface area contributed by atoms with Crippen LogP contribution in [0, 0.1) is 16.0 Å². The van der Waals surface area contributed by atoms with Gasteiger partial charge in [0.2, 0.25) is 0 Å². The van der Waals surface area contributed by atoms with E-state index in [1.807, 2.05) is 13.0 Å². The fraction of sp³-hybridized carbons (Fsp3) is 0.471. The molecule has 0 aromatic heterocycles. The Morgan fingerprint density at radius 2 is 2.26 bits per heavy atom. The largest absolute Gasteiger partial charge is 0.466 e. The number of esters is 1. The van der Waals surface area contributed by atoms with Gasteiger partial charge in [-0.25, -0.2) is 0 Å². The lowest BCUT2D eigenvalue weighted by Crippen LogP contribution is -3.13. The molecule has 1 N–H and O–H groups in total. The first-order valence-corrected chi connectivity index (χ1v) is 8.02. The predicted molar refractivity (Wildman–Crippen MR) is 87.1 cm³/mol. The van der Waals surface area contributed by atoms with E-state index in [0.717, 1.165) is 32.5 Å². The Labute approximate surface area is 135 Å². The van der Waals surface area contributed by atoms with E-state index in [4.69, 9.17) is 4.74 Å². The van der Waals surface area contributed by atoms with Crippen LogP contribution in [-0.2, 0) is 9.53 Å². The first kappa shape index (κ1) is 17.1. The number of quaternary nitrogens is 1. The average molecular weight is 319 g/mol. The molecule has 6 nitrogen and oxygen atoms in total. The lowest BCUT2D eigenvalue weighted by Gasteiger charge is -2.27. The van der Waals surface area contributed by atoms with E-state index in [1.54, 1.807) is 24.3 Å². The maximum Gasteiger partial charge on any atom is 0.314 e. The number of nitro groups is 1. The molecular formula is C17H23N2O4+. The lowest BCUT2D eigenvalue weighted by molar-refractivity contribution is -0.901. The molecule has 1 aromatic rings. The molecule has 2 atom stereocenters. The summed E-state index contributed by atoms with van der Waals surface area (Å²) in [6.07, 6.45) is 5.62. The first-order chi connectivity index (χ1) is 11.1. The average Bonchev–Trinajstić information content (AvgIpc) is 2.55. The van der Waals surface area contributed by atoms with Crippen LogP contribution >= 0.6 is 0 Å². The van der Waals surface area contributed by atoms with E-state index in [0.29, 0.717) is 12.2 Å². The predicted octanol–water partition coefficient (Wildman–Crippen LogP) is 1.47. The van der Waals surface area contributed by atoms with Gasteiger partial charge in [-0.05, 0) is 38.0 Å². The number of para-hydroxylation sites is 1. The Bertz CT molecular complexity index is 586. The second-order valence-corrected chi connectivity index (χ2v) is 5.72. The van der Waals surface area contributed by atoms with Gasteiger partial charge in [0.15, 0.2) is 0 Å². The fourth-order valence-electron chi connectivity index (χ4n) is 2.95. The van der Waals surface area contributed by atoms with E-state index in [9.17, 15) is 14.9 Å². The smallest absolute Gasteiger partial charge is 0.314 e. The summed E-state index contributed by atoms with van der Waals surface area (Å²) in [5, 5.41) is 11.0. The highest BCUT2D eigenvalue weighted by Crippen LogP contribution is 2.18. The van der Waals surface area contributed by atoms with E-state index in [2.05, 4.69) is 0 Å². The Balaban J connectivity index is 1.93. The lowest BCUT2D eigenvalue weighted by atomic mass is 9.98. The molecule has 1 aliphatic rings. The Morgan fingerprint density at radius 1 is 1.48 bits per heavy atom. The van der Waals surface area contributed by atoms with Crippen LogP contribution in [0.25, 0.3) is 6.08 Å². The number of carbonyl (C=O) groups is 1. The van der Waals surface area contributed by atoms with Crippen molar-refractivity contribution in [3.8, 4) is 0 Å². The molecule has 2 rings (SSSR count). The number of carbonyl (C=O) groups excluding carboxylic acids is 1. The second kappa shape index (κ2) is 8.43. The summed E-state index contributed by atoms with van der Waals surface area (Å²) < 4.78 is 5.10. The second-order valence-electron chi connectivity index (χ2n) is 5.72. The summed E-state index contributed by atoms with van der Waals surface area (Å²) in [4.78, 5) is 23.7. The topological polar surface area (TPSA) is 73.9 Å². The van der Waals surface area contributed by atoms with Gasteiger partial charge in [-0.3, -0.25) is 14.9 Å². The molecule has 0 amide bonds.